The van der Waals surface area contributed by atoms with Gasteiger partial charge in [0.2, 0.25) is 0 Å². The van der Waals surface area contributed by atoms with Gasteiger partial charge in [-0.25, -0.2) is 8.42 Å². The highest BCUT2D eigenvalue weighted by molar-refractivity contribution is 7.92. The first-order chi connectivity index (χ1) is 8.96. The summed E-state index contributed by atoms with van der Waals surface area (Å²) in [6.07, 6.45) is 1.03. The molecule has 1 aromatic rings. The van der Waals surface area contributed by atoms with E-state index in [1.54, 1.807) is 32.0 Å². The van der Waals surface area contributed by atoms with Gasteiger partial charge in [0.1, 0.15) is 0 Å². The standard InChI is InChI=1S/C13H20O5S2/c1-11-6-5-7-12(10-11)20(16,17)13(2,3)8-9-18-19(4,14)15/h5-7,10H,8-9H2,1-4H3. The van der Waals surface area contributed by atoms with Crippen LogP contribution in [0.15, 0.2) is 29.2 Å². The molecule has 5 nitrogen and oxygen atoms in total. The highest BCUT2D eigenvalue weighted by Crippen LogP contribution is 2.28. The predicted octanol–water partition coefficient (Wildman–Crippen LogP) is 1.91. The van der Waals surface area contributed by atoms with Crippen LogP contribution in [0.1, 0.15) is 25.8 Å². The molecule has 0 bridgehead atoms. The Bertz CT molecular complexity index is 672. The number of rotatable bonds is 6. The van der Waals surface area contributed by atoms with Crippen LogP contribution in [0.5, 0.6) is 0 Å². The minimum atomic E-state index is -3.56. The van der Waals surface area contributed by atoms with Gasteiger partial charge >= 0.3 is 0 Å². The van der Waals surface area contributed by atoms with Crippen molar-refractivity contribution < 1.29 is 21.0 Å². The van der Waals surface area contributed by atoms with Gasteiger partial charge in [-0.2, -0.15) is 8.42 Å². The summed E-state index contributed by atoms with van der Waals surface area (Å²) in [7, 11) is -7.11. The Morgan fingerprint density at radius 1 is 1.15 bits per heavy atom. The van der Waals surface area contributed by atoms with Crippen molar-refractivity contribution >= 4 is 20.0 Å². The topological polar surface area (TPSA) is 77.5 Å². The molecule has 1 aromatic carbocycles. The fourth-order valence-electron chi connectivity index (χ4n) is 1.67. The van der Waals surface area contributed by atoms with Gasteiger partial charge in [0.25, 0.3) is 10.1 Å². The number of hydrogen-bond acceptors (Lipinski definition) is 5. The summed E-state index contributed by atoms with van der Waals surface area (Å²) in [6.45, 7) is 4.79. The fraction of sp³-hybridized carbons (Fsp3) is 0.538. The molecular formula is C13H20O5S2. The molecule has 7 heteroatoms. The van der Waals surface area contributed by atoms with E-state index in [2.05, 4.69) is 4.18 Å². The van der Waals surface area contributed by atoms with E-state index >= 15 is 0 Å². The number of hydrogen-bond donors (Lipinski definition) is 0. The molecule has 0 radical (unpaired) electrons. The van der Waals surface area contributed by atoms with Gasteiger partial charge in [0.15, 0.2) is 9.84 Å². The molecule has 0 fully saturated rings. The first-order valence-corrected chi connectivity index (χ1v) is 9.41. The normalized spacial score (nSPS) is 13.4. The smallest absolute Gasteiger partial charge is 0.264 e. The minimum Gasteiger partial charge on any atom is -0.270 e. The van der Waals surface area contributed by atoms with Gasteiger partial charge in [0, 0.05) is 0 Å². The van der Waals surface area contributed by atoms with Crippen molar-refractivity contribution in [2.45, 2.75) is 36.8 Å². The van der Waals surface area contributed by atoms with E-state index in [0.29, 0.717) is 0 Å². The van der Waals surface area contributed by atoms with Crippen molar-refractivity contribution in [3.8, 4) is 0 Å². The third-order valence-corrected chi connectivity index (χ3v) is 6.16. The summed E-state index contributed by atoms with van der Waals surface area (Å²) < 4.78 is 50.5. The summed E-state index contributed by atoms with van der Waals surface area (Å²) in [6, 6.07) is 6.65. The highest BCUT2D eigenvalue weighted by atomic mass is 32.2. The van der Waals surface area contributed by atoms with Crippen LogP contribution >= 0.6 is 0 Å². The zero-order chi connectivity index (χ0) is 15.6. The Hall–Kier alpha value is -0.920. The molecular weight excluding hydrogens is 300 g/mol. The Morgan fingerprint density at radius 2 is 1.75 bits per heavy atom. The largest absolute Gasteiger partial charge is 0.270 e. The van der Waals surface area contributed by atoms with Crippen molar-refractivity contribution in [1.29, 1.82) is 0 Å². The van der Waals surface area contributed by atoms with Gasteiger partial charge in [-0.1, -0.05) is 12.1 Å². The van der Waals surface area contributed by atoms with Crippen molar-refractivity contribution in [3.63, 3.8) is 0 Å². The lowest BCUT2D eigenvalue weighted by Crippen LogP contribution is -2.33. The van der Waals surface area contributed by atoms with Crippen LogP contribution in [-0.4, -0.2) is 34.4 Å². The molecule has 0 unspecified atom stereocenters. The lowest BCUT2D eigenvalue weighted by atomic mass is 10.1. The van der Waals surface area contributed by atoms with Gasteiger partial charge in [-0.3, -0.25) is 4.18 Å². The van der Waals surface area contributed by atoms with Gasteiger partial charge in [-0.05, 0) is 44.9 Å². The van der Waals surface area contributed by atoms with Gasteiger partial charge < -0.3 is 0 Å². The lowest BCUT2D eigenvalue weighted by molar-refractivity contribution is 0.299. The summed E-state index contributed by atoms with van der Waals surface area (Å²) in [5, 5.41) is 0. The maximum atomic E-state index is 12.6. The molecule has 0 aliphatic carbocycles. The molecule has 114 valence electrons. The van der Waals surface area contributed by atoms with Crippen LogP contribution in [0.4, 0.5) is 0 Å². The van der Waals surface area contributed by atoms with Crippen LogP contribution in [0.3, 0.4) is 0 Å². The minimum absolute atomic E-state index is 0.0936. The van der Waals surface area contributed by atoms with E-state index in [-0.39, 0.29) is 17.9 Å². The number of aryl methyl sites for hydroxylation is 1. The maximum Gasteiger partial charge on any atom is 0.264 e. The van der Waals surface area contributed by atoms with Crippen LogP contribution in [0.2, 0.25) is 0 Å². The Kier molecular flexibility index (Phi) is 4.99. The van der Waals surface area contributed by atoms with E-state index in [9.17, 15) is 16.8 Å². The van der Waals surface area contributed by atoms with Crippen LogP contribution in [0.25, 0.3) is 0 Å². The molecule has 0 aliphatic heterocycles. The number of sulfone groups is 1. The molecule has 0 N–H and O–H groups in total. The van der Waals surface area contributed by atoms with E-state index in [0.717, 1.165) is 11.8 Å². The fourth-order valence-corrected chi connectivity index (χ4v) is 3.65. The second-order valence-electron chi connectivity index (χ2n) is 5.36. The second kappa shape index (κ2) is 5.83. The molecule has 0 amide bonds. The molecule has 0 spiro atoms. The average molecular weight is 320 g/mol. The third-order valence-electron chi connectivity index (χ3n) is 3.03. The lowest BCUT2D eigenvalue weighted by Gasteiger charge is -2.24. The predicted molar refractivity (Wildman–Crippen MR) is 77.9 cm³/mol. The van der Waals surface area contributed by atoms with Crippen molar-refractivity contribution in [3.05, 3.63) is 29.8 Å². The molecule has 0 atom stereocenters. The Labute approximate surface area is 121 Å². The maximum absolute atomic E-state index is 12.6. The molecule has 0 aromatic heterocycles. The van der Waals surface area contributed by atoms with Crippen LogP contribution in [-0.2, 0) is 24.1 Å². The van der Waals surface area contributed by atoms with Gasteiger partial charge in [0.05, 0.1) is 22.5 Å². The Morgan fingerprint density at radius 3 is 2.25 bits per heavy atom. The quantitative estimate of drug-likeness (QED) is 0.748. The summed E-state index contributed by atoms with van der Waals surface area (Å²) in [4.78, 5) is 0.238. The van der Waals surface area contributed by atoms with Crippen LogP contribution in [0, 0.1) is 6.92 Å². The molecule has 20 heavy (non-hydrogen) atoms. The van der Waals surface area contributed by atoms with Crippen molar-refractivity contribution in [1.82, 2.24) is 0 Å². The molecule has 0 heterocycles. The first-order valence-electron chi connectivity index (χ1n) is 6.11. The zero-order valence-corrected chi connectivity index (χ0v) is 13.7. The van der Waals surface area contributed by atoms with E-state index in [1.165, 1.54) is 0 Å². The average Bonchev–Trinajstić information content (AvgIpc) is 2.26. The first kappa shape index (κ1) is 17.1. The van der Waals surface area contributed by atoms with Gasteiger partial charge in [-0.15, -0.1) is 0 Å². The van der Waals surface area contributed by atoms with Crippen LogP contribution < -0.4 is 0 Å². The molecule has 0 aliphatic rings. The second-order valence-corrected chi connectivity index (χ2v) is 9.58. The molecule has 0 saturated heterocycles. The Balaban J connectivity index is 2.95. The highest BCUT2D eigenvalue weighted by Gasteiger charge is 2.35. The summed E-state index contributed by atoms with van der Waals surface area (Å²) in [5.41, 5.74) is 0.856. The zero-order valence-electron chi connectivity index (χ0n) is 12.1. The molecule has 0 saturated carbocycles. The molecule has 1 rings (SSSR count). The monoisotopic (exact) mass is 320 g/mol. The van der Waals surface area contributed by atoms with E-state index < -0.39 is 24.7 Å². The third kappa shape index (κ3) is 4.29. The van der Waals surface area contributed by atoms with E-state index in [1.807, 2.05) is 13.0 Å². The van der Waals surface area contributed by atoms with Crippen molar-refractivity contribution in [2.75, 3.05) is 12.9 Å². The SMILES string of the molecule is Cc1cccc(S(=O)(=O)C(C)(C)CCOS(C)(=O)=O)c1. The van der Waals surface area contributed by atoms with E-state index in [4.69, 9.17) is 0 Å². The summed E-state index contributed by atoms with van der Waals surface area (Å²) >= 11 is 0. The number of benzene rings is 1. The summed E-state index contributed by atoms with van der Waals surface area (Å²) in [5.74, 6) is 0. The van der Waals surface area contributed by atoms with Crippen molar-refractivity contribution in [2.24, 2.45) is 0 Å².